The lowest BCUT2D eigenvalue weighted by Crippen LogP contribution is -2.28. The number of nitrogens with zero attached hydrogens (tertiary/aromatic N) is 4. The van der Waals surface area contributed by atoms with Crippen LogP contribution in [0.5, 0.6) is 0 Å². The highest BCUT2D eigenvalue weighted by Crippen LogP contribution is 2.59. The lowest BCUT2D eigenvalue weighted by molar-refractivity contribution is 0.666. The molecule has 0 spiro atoms. The Balaban J connectivity index is 0.000000137. The van der Waals surface area contributed by atoms with Crippen LogP contribution < -0.4 is 0 Å². The van der Waals surface area contributed by atoms with Crippen LogP contribution in [-0.2, 0) is 10.8 Å². The topological polar surface area (TPSA) is 64.7 Å². The molecule has 2 aliphatic carbocycles. The normalized spacial score (nSPS) is 13.3. The number of thiophene rings is 1. The van der Waals surface area contributed by atoms with Gasteiger partial charge in [-0.15, -0.1) is 11.3 Å². The molecule has 20 rings (SSSR count). The number of para-hydroxylation sites is 1. The zero-order valence-corrected chi connectivity index (χ0v) is 53.4. The number of rotatable bonds is 7. The van der Waals surface area contributed by atoms with E-state index in [0.717, 1.165) is 82.3 Å². The molecule has 0 aliphatic heterocycles. The smallest absolute Gasteiger partial charge is 0.180 e. The van der Waals surface area contributed by atoms with Crippen LogP contribution in [0.1, 0.15) is 47.2 Å². The van der Waals surface area contributed by atoms with Gasteiger partial charge < -0.3 is 4.42 Å². The van der Waals surface area contributed by atoms with Gasteiger partial charge in [0.15, 0.2) is 11.4 Å². The minimum Gasteiger partial charge on any atom is -0.452 e. The third-order valence-electron chi connectivity index (χ3n) is 20.2. The molecule has 0 saturated carbocycles. The Labute approximate surface area is 559 Å². The Hall–Kier alpha value is -12.0. The summed E-state index contributed by atoms with van der Waals surface area (Å²) in [5.74, 6) is 0.672. The van der Waals surface area contributed by atoms with Crippen molar-refractivity contribution in [3.63, 3.8) is 0 Å². The molecule has 6 heteroatoms. The van der Waals surface area contributed by atoms with E-state index in [4.69, 9.17) is 24.4 Å². The first-order chi connectivity index (χ1) is 47.3. The van der Waals surface area contributed by atoms with Crippen LogP contribution in [-0.4, -0.2) is 19.9 Å². The molecule has 2 aliphatic rings. The van der Waals surface area contributed by atoms with Crippen molar-refractivity contribution in [1.29, 1.82) is 0 Å². The Kier molecular flexibility index (Phi) is 12.7. The van der Waals surface area contributed by atoms with Crippen molar-refractivity contribution >= 4 is 86.2 Å². The van der Waals surface area contributed by atoms with Crippen LogP contribution in [0.2, 0.25) is 0 Å². The van der Waals surface area contributed by atoms with E-state index in [0.29, 0.717) is 11.4 Å². The summed E-state index contributed by atoms with van der Waals surface area (Å²) < 4.78 is 7.69. The van der Waals surface area contributed by atoms with Gasteiger partial charge in [-0.25, -0.2) is 19.9 Å². The molecule has 0 saturated heterocycles. The molecule has 18 aromatic rings. The molecule has 0 unspecified atom stereocenters. The molecule has 0 bridgehead atoms. The summed E-state index contributed by atoms with van der Waals surface area (Å²) in [6.45, 7) is 4.71. The molecule has 5 nitrogen and oxygen atoms in total. The first-order valence-corrected chi connectivity index (χ1v) is 33.6. The monoisotopic (exact) mass is 1240 g/mol. The van der Waals surface area contributed by atoms with Crippen LogP contribution in [0.15, 0.2) is 320 Å². The van der Waals surface area contributed by atoms with Crippen LogP contribution >= 0.6 is 11.3 Å². The first kappa shape index (κ1) is 55.7. The highest BCUT2D eigenvalue weighted by atomic mass is 32.1. The lowest BCUT2D eigenvalue weighted by Gasteiger charge is -2.34. The molecule has 4 heterocycles. The lowest BCUT2D eigenvalue weighted by atomic mass is 9.66. The molecular weight excluding hydrogens is 1190 g/mol. The van der Waals surface area contributed by atoms with E-state index in [1.165, 1.54) is 93.0 Å². The van der Waals surface area contributed by atoms with E-state index < -0.39 is 5.41 Å². The molecule has 96 heavy (non-hydrogen) atoms. The maximum Gasteiger partial charge on any atom is 0.180 e. The minimum atomic E-state index is -0.482. The summed E-state index contributed by atoms with van der Waals surface area (Å²) in [7, 11) is 0. The van der Waals surface area contributed by atoms with E-state index >= 15 is 0 Å². The largest absolute Gasteiger partial charge is 0.452 e. The second-order valence-corrected chi connectivity index (χ2v) is 26.9. The fraction of sp³-hybridized carbons (Fsp3) is 0.0444. The van der Waals surface area contributed by atoms with Crippen molar-refractivity contribution in [3.05, 3.63) is 349 Å². The van der Waals surface area contributed by atoms with Crippen LogP contribution in [0.3, 0.4) is 0 Å². The second-order valence-electron chi connectivity index (χ2n) is 25.9. The fourth-order valence-corrected chi connectivity index (χ4v) is 16.8. The Morgan fingerprint density at radius 1 is 0.312 bits per heavy atom. The highest BCUT2D eigenvalue weighted by Gasteiger charge is 2.47. The molecule has 0 radical (unpaired) electrons. The zero-order valence-electron chi connectivity index (χ0n) is 52.6. The van der Waals surface area contributed by atoms with Gasteiger partial charge in [0.1, 0.15) is 27.1 Å². The number of benzene rings is 14. The van der Waals surface area contributed by atoms with Crippen LogP contribution in [0, 0.1) is 0 Å². The van der Waals surface area contributed by atoms with Crippen molar-refractivity contribution in [3.8, 4) is 78.5 Å². The SMILES string of the molecule is CC1(C)c2ccccc2-c2ccc3cc(-c4ccc(-c5nc6c(nc5-c5ccccc5)sc5ccccc56)cc4)ccc3c21.c1ccc(C2(c3ccccc3)c3ccccc3-c3ccc4cc(-c5nc(-c6ccc7ccccc7c6)c6oc7ccccc7c6n5)ccc4c32)cc1. The van der Waals surface area contributed by atoms with Gasteiger partial charge in [-0.2, -0.15) is 0 Å². The van der Waals surface area contributed by atoms with E-state index in [9.17, 15) is 0 Å². The third kappa shape index (κ3) is 8.62. The van der Waals surface area contributed by atoms with Crippen molar-refractivity contribution < 1.29 is 4.42 Å². The van der Waals surface area contributed by atoms with Gasteiger partial charge in [-0.1, -0.05) is 293 Å². The minimum absolute atomic E-state index is 0.0268. The Morgan fingerprint density at radius 3 is 1.58 bits per heavy atom. The van der Waals surface area contributed by atoms with Crippen molar-refractivity contribution in [1.82, 2.24) is 19.9 Å². The van der Waals surface area contributed by atoms with E-state index in [1.807, 2.05) is 24.3 Å². The zero-order chi connectivity index (χ0) is 63.6. The number of hydrogen-bond donors (Lipinski definition) is 0. The fourth-order valence-electron chi connectivity index (χ4n) is 15.8. The van der Waals surface area contributed by atoms with Crippen LogP contribution in [0.4, 0.5) is 0 Å². The number of hydrogen-bond acceptors (Lipinski definition) is 6. The molecule has 0 atom stereocenters. The summed E-state index contributed by atoms with van der Waals surface area (Å²) in [6, 6.07) is 113. The summed E-state index contributed by atoms with van der Waals surface area (Å²) in [5, 5.41) is 9.46. The average Bonchev–Trinajstić information content (AvgIpc) is 1.52. The second kappa shape index (κ2) is 21.8. The van der Waals surface area contributed by atoms with E-state index in [2.05, 4.69) is 305 Å². The molecule has 4 aromatic heterocycles. The predicted molar refractivity (Wildman–Crippen MR) is 399 cm³/mol. The molecule has 0 amide bonds. The summed E-state index contributed by atoms with van der Waals surface area (Å²) >= 11 is 1.70. The van der Waals surface area contributed by atoms with Crippen molar-refractivity contribution in [2.45, 2.75) is 24.7 Å². The summed E-state index contributed by atoms with van der Waals surface area (Å²) in [6.07, 6.45) is 0. The number of fused-ring (bicyclic) bond motifs is 17. The van der Waals surface area contributed by atoms with Gasteiger partial charge in [0.25, 0.3) is 0 Å². The van der Waals surface area contributed by atoms with Gasteiger partial charge in [0.05, 0.1) is 16.8 Å². The molecule has 0 N–H and O–H groups in total. The summed E-state index contributed by atoms with van der Waals surface area (Å²) in [5.41, 5.74) is 25.1. The average molecular weight is 1240 g/mol. The first-order valence-electron chi connectivity index (χ1n) is 32.8. The van der Waals surface area contributed by atoms with Gasteiger partial charge in [-0.3, -0.25) is 0 Å². The Bertz CT molecular complexity index is 6130. The summed E-state index contributed by atoms with van der Waals surface area (Å²) in [4.78, 5) is 21.9. The molecule has 450 valence electrons. The standard InChI is InChI=1S/C49H30N2O.C41H28N2S/c1-3-15-36(16-4-1)49(37-17-5-2-6-18-37)42-21-11-9-19-39(42)40-28-25-33-30-35(26-27-38(33)44(40)49)48-50-45(34-24-23-31-13-7-8-14-32(31)29-34)47-46(51-48)41-20-10-12-22-43(41)52-47;1-41(2)34-14-8-6-12-31(34)32-23-21-29-24-28(20-22-30(29)36(32)41)25-16-18-27(19-17-25)37-38(26-10-4-3-5-11-26)43-40-39(42-37)33-13-7-9-15-35(33)44-40/h1-30H;3-24H,1-2H3. The number of furan rings is 1. The van der Waals surface area contributed by atoms with Gasteiger partial charge in [0, 0.05) is 43.1 Å². The van der Waals surface area contributed by atoms with Gasteiger partial charge >= 0.3 is 0 Å². The molecular formula is C90H58N4OS. The van der Waals surface area contributed by atoms with Crippen molar-refractivity contribution in [2.75, 3.05) is 0 Å². The van der Waals surface area contributed by atoms with E-state index in [1.54, 1.807) is 11.3 Å². The number of aromatic nitrogens is 4. The van der Waals surface area contributed by atoms with Gasteiger partial charge in [-0.05, 0) is 135 Å². The quantitative estimate of drug-likeness (QED) is 0.159. The Morgan fingerprint density at radius 2 is 0.833 bits per heavy atom. The predicted octanol–water partition coefficient (Wildman–Crippen LogP) is 23.7. The maximum absolute atomic E-state index is 6.47. The molecule has 14 aromatic carbocycles. The van der Waals surface area contributed by atoms with Gasteiger partial charge in [0.2, 0.25) is 0 Å². The highest BCUT2D eigenvalue weighted by molar-refractivity contribution is 7.25. The molecule has 0 fully saturated rings. The maximum atomic E-state index is 6.47. The third-order valence-corrected chi connectivity index (χ3v) is 21.3. The van der Waals surface area contributed by atoms with Crippen molar-refractivity contribution in [2.24, 2.45) is 0 Å². The van der Waals surface area contributed by atoms with E-state index in [-0.39, 0.29) is 5.41 Å². The van der Waals surface area contributed by atoms with Crippen LogP contribution in [0.25, 0.3) is 153 Å².